The number of imidazole rings is 1. The largest absolute Gasteiger partial charge is 0.437 e. The monoisotopic (exact) mass is 287 g/mol. The van der Waals surface area contributed by atoms with Crippen molar-refractivity contribution in [2.24, 2.45) is 0 Å². The molecule has 0 saturated carbocycles. The molecule has 2 heterocycles. The number of rotatable bonds is 6. The Kier molecular flexibility index (Phi) is 3.99. The first-order valence-corrected chi connectivity index (χ1v) is 7.64. The predicted octanol–water partition coefficient (Wildman–Crippen LogP) is 3.69. The van der Waals surface area contributed by atoms with Crippen LogP contribution in [-0.2, 0) is 6.54 Å². The minimum Gasteiger partial charge on any atom is -0.437 e. The number of fused-ring (bicyclic) bond motifs is 1. The molecule has 0 aliphatic rings. The highest BCUT2D eigenvalue weighted by Crippen LogP contribution is 2.27. The molecule has 0 spiro atoms. The molecule has 3 aromatic rings. The second-order valence-corrected chi connectivity index (χ2v) is 5.38. The van der Waals surface area contributed by atoms with Crippen LogP contribution in [0.3, 0.4) is 0 Å². The fourth-order valence-electron chi connectivity index (χ4n) is 2.04. The van der Waals surface area contributed by atoms with E-state index in [1.54, 1.807) is 11.3 Å². The number of aromatic nitrogens is 2. The molecule has 0 atom stereocenters. The van der Waals surface area contributed by atoms with E-state index in [4.69, 9.17) is 4.74 Å². The molecule has 1 aromatic carbocycles. The van der Waals surface area contributed by atoms with Crippen molar-refractivity contribution in [3.8, 4) is 11.6 Å². The SMILES string of the molecule is CCCNCc1c(Oc2ccccc2)nc2sccn12. The summed E-state index contributed by atoms with van der Waals surface area (Å²) in [7, 11) is 0. The topological polar surface area (TPSA) is 38.6 Å². The second-order valence-electron chi connectivity index (χ2n) is 4.51. The maximum Gasteiger partial charge on any atom is 0.243 e. The third-order valence-corrected chi connectivity index (χ3v) is 3.76. The maximum atomic E-state index is 5.92. The summed E-state index contributed by atoms with van der Waals surface area (Å²) in [6.45, 7) is 3.90. The molecule has 1 N–H and O–H groups in total. The van der Waals surface area contributed by atoms with Gasteiger partial charge >= 0.3 is 0 Å². The molecular weight excluding hydrogens is 270 g/mol. The lowest BCUT2D eigenvalue weighted by Crippen LogP contribution is -2.15. The first kappa shape index (κ1) is 13.1. The van der Waals surface area contributed by atoms with Crippen molar-refractivity contribution in [2.75, 3.05) is 6.54 Å². The quantitative estimate of drug-likeness (QED) is 0.703. The highest BCUT2D eigenvalue weighted by atomic mass is 32.1. The number of thiazole rings is 1. The number of ether oxygens (including phenoxy) is 1. The summed E-state index contributed by atoms with van der Waals surface area (Å²) in [5.74, 6) is 1.50. The summed E-state index contributed by atoms with van der Waals surface area (Å²) in [5.41, 5.74) is 1.07. The van der Waals surface area contributed by atoms with Crippen LogP contribution in [0.4, 0.5) is 0 Å². The third-order valence-electron chi connectivity index (χ3n) is 3.00. The summed E-state index contributed by atoms with van der Waals surface area (Å²) < 4.78 is 8.01. The average Bonchev–Trinajstić information content (AvgIpc) is 3.03. The molecule has 0 unspecified atom stereocenters. The number of nitrogens with zero attached hydrogens (tertiary/aromatic N) is 2. The van der Waals surface area contributed by atoms with Gasteiger partial charge in [-0.2, -0.15) is 4.98 Å². The summed E-state index contributed by atoms with van der Waals surface area (Å²) in [6, 6.07) is 9.78. The van der Waals surface area contributed by atoms with Gasteiger partial charge in [-0.15, -0.1) is 11.3 Å². The van der Waals surface area contributed by atoms with Crippen molar-refractivity contribution in [3.63, 3.8) is 0 Å². The minimum absolute atomic E-state index is 0.687. The highest BCUT2D eigenvalue weighted by Gasteiger charge is 2.14. The van der Waals surface area contributed by atoms with Crippen LogP contribution in [0.1, 0.15) is 19.0 Å². The van der Waals surface area contributed by atoms with Gasteiger partial charge in [0.25, 0.3) is 0 Å². The van der Waals surface area contributed by atoms with Gasteiger partial charge in [-0.1, -0.05) is 25.1 Å². The Morgan fingerprint density at radius 2 is 2.15 bits per heavy atom. The van der Waals surface area contributed by atoms with Crippen molar-refractivity contribution in [1.29, 1.82) is 0 Å². The van der Waals surface area contributed by atoms with Crippen LogP contribution in [0.25, 0.3) is 4.96 Å². The van der Waals surface area contributed by atoms with Crippen LogP contribution in [0.5, 0.6) is 11.6 Å². The first-order chi connectivity index (χ1) is 9.88. The molecule has 2 aromatic heterocycles. The lowest BCUT2D eigenvalue weighted by Gasteiger charge is -2.07. The van der Waals surface area contributed by atoms with E-state index in [0.717, 1.165) is 35.9 Å². The third kappa shape index (κ3) is 2.69. The lowest BCUT2D eigenvalue weighted by molar-refractivity contribution is 0.455. The molecule has 0 aliphatic carbocycles. The van der Waals surface area contributed by atoms with Gasteiger partial charge in [0.2, 0.25) is 5.88 Å². The van der Waals surface area contributed by atoms with Crippen molar-refractivity contribution in [2.45, 2.75) is 19.9 Å². The molecule has 4 nitrogen and oxygen atoms in total. The molecule has 104 valence electrons. The zero-order valence-electron chi connectivity index (χ0n) is 11.4. The Bertz CT molecular complexity index is 675. The molecule has 0 aliphatic heterocycles. The summed E-state index contributed by atoms with van der Waals surface area (Å²) in [5, 5.41) is 5.45. The molecule has 3 rings (SSSR count). The fraction of sp³-hybridized carbons (Fsp3) is 0.267. The number of hydrogen-bond donors (Lipinski definition) is 1. The Morgan fingerprint density at radius 1 is 1.30 bits per heavy atom. The fourth-order valence-corrected chi connectivity index (χ4v) is 2.76. The van der Waals surface area contributed by atoms with E-state index >= 15 is 0 Å². The van der Waals surface area contributed by atoms with E-state index in [-0.39, 0.29) is 0 Å². The molecule has 0 radical (unpaired) electrons. The summed E-state index contributed by atoms with van der Waals surface area (Å²) >= 11 is 1.62. The molecule has 0 saturated heterocycles. The molecule has 20 heavy (non-hydrogen) atoms. The standard InChI is InChI=1S/C15H17N3OS/c1-2-8-16-11-13-14(17-15-18(13)9-10-20-15)19-12-6-4-3-5-7-12/h3-7,9-10,16H,2,8,11H2,1H3. The van der Waals surface area contributed by atoms with Crippen molar-refractivity contribution < 1.29 is 4.74 Å². The van der Waals surface area contributed by atoms with E-state index in [0.29, 0.717) is 5.88 Å². The smallest absolute Gasteiger partial charge is 0.243 e. The van der Waals surface area contributed by atoms with Crippen LogP contribution >= 0.6 is 11.3 Å². The van der Waals surface area contributed by atoms with Gasteiger partial charge in [-0.25, -0.2) is 0 Å². The molecule has 5 heteroatoms. The number of benzene rings is 1. The van der Waals surface area contributed by atoms with Gasteiger partial charge in [-0.3, -0.25) is 4.40 Å². The van der Waals surface area contributed by atoms with Gasteiger partial charge in [0, 0.05) is 18.1 Å². The Balaban J connectivity index is 1.88. The normalized spacial score (nSPS) is 11.1. The molecule has 0 fully saturated rings. The van der Waals surface area contributed by atoms with Gasteiger partial charge in [0.1, 0.15) is 11.4 Å². The minimum atomic E-state index is 0.687. The van der Waals surface area contributed by atoms with E-state index < -0.39 is 0 Å². The van der Waals surface area contributed by atoms with Gasteiger partial charge in [-0.05, 0) is 25.1 Å². The predicted molar refractivity (Wildman–Crippen MR) is 81.6 cm³/mol. The van der Waals surface area contributed by atoms with E-state index in [1.165, 1.54) is 0 Å². The Hall–Kier alpha value is -1.85. The van der Waals surface area contributed by atoms with Crippen molar-refractivity contribution in [1.82, 2.24) is 14.7 Å². The van der Waals surface area contributed by atoms with Crippen molar-refractivity contribution in [3.05, 3.63) is 47.6 Å². The number of para-hydroxylation sites is 1. The van der Waals surface area contributed by atoms with Gasteiger partial charge in [0.05, 0.1) is 0 Å². The Morgan fingerprint density at radius 3 is 2.95 bits per heavy atom. The summed E-state index contributed by atoms with van der Waals surface area (Å²) in [6.07, 6.45) is 3.15. The lowest BCUT2D eigenvalue weighted by atomic mass is 10.3. The van der Waals surface area contributed by atoms with Crippen LogP contribution < -0.4 is 10.1 Å². The Labute approximate surface area is 122 Å². The van der Waals surface area contributed by atoms with Crippen LogP contribution in [0, 0.1) is 0 Å². The molecule has 0 bridgehead atoms. The van der Waals surface area contributed by atoms with Gasteiger partial charge < -0.3 is 10.1 Å². The van der Waals surface area contributed by atoms with Crippen LogP contribution in [0.2, 0.25) is 0 Å². The summed E-state index contributed by atoms with van der Waals surface area (Å²) in [4.78, 5) is 5.53. The average molecular weight is 287 g/mol. The second kappa shape index (κ2) is 6.07. The number of hydrogen-bond acceptors (Lipinski definition) is 4. The number of nitrogens with one attached hydrogen (secondary N) is 1. The zero-order valence-corrected chi connectivity index (χ0v) is 12.2. The molecule has 0 amide bonds. The highest BCUT2D eigenvalue weighted by molar-refractivity contribution is 7.15. The maximum absolute atomic E-state index is 5.92. The first-order valence-electron chi connectivity index (χ1n) is 6.76. The van der Waals surface area contributed by atoms with Crippen LogP contribution in [0.15, 0.2) is 41.9 Å². The zero-order chi connectivity index (χ0) is 13.8. The van der Waals surface area contributed by atoms with E-state index in [9.17, 15) is 0 Å². The van der Waals surface area contributed by atoms with E-state index in [1.807, 2.05) is 41.9 Å². The molecular formula is C15H17N3OS. The van der Waals surface area contributed by atoms with Crippen LogP contribution in [-0.4, -0.2) is 15.9 Å². The van der Waals surface area contributed by atoms with E-state index in [2.05, 4.69) is 21.6 Å². The van der Waals surface area contributed by atoms with Gasteiger partial charge in [0.15, 0.2) is 4.96 Å². The van der Waals surface area contributed by atoms with Crippen molar-refractivity contribution >= 4 is 16.3 Å².